The highest BCUT2D eigenvalue weighted by Crippen LogP contribution is 2.30. The lowest BCUT2D eigenvalue weighted by atomic mass is 10.1. The van der Waals surface area contributed by atoms with Crippen molar-refractivity contribution in [1.29, 1.82) is 0 Å². The molecule has 0 unspecified atom stereocenters. The van der Waals surface area contributed by atoms with Crippen LogP contribution >= 0.6 is 0 Å². The SMILES string of the molecule is COc1ccc(C=CC(=O)Oc2c(C)cccc2C)cc1S(=O)(=O)N1CCCCC1. The topological polar surface area (TPSA) is 72.9 Å². The van der Waals surface area contributed by atoms with Crippen molar-refractivity contribution >= 4 is 22.1 Å². The van der Waals surface area contributed by atoms with Crippen LogP contribution in [0.15, 0.2) is 47.4 Å². The molecule has 0 spiro atoms. The van der Waals surface area contributed by atoms with Gasteiger partial charge in [-0.2, -0.15) is 4.31 Å². The Morgan fingerprint density at radius 3 is 2.33 bits per heavy atom. The molecule has 0 atom stereocenters. The van der Waals surface area contributed by atoms with E-state index in [4.69, 9.17) is 9.47 Å². The number of hydrogen-bond acceptors (Lipinski definition) is 5. The van der Waals surface area contributed by atoms with Crippen molar-refractivity contribution in [2.24, 2.45) is 0 Å². The number of ether oxygens (including phenoxy) is 2. The van der Waals surface area contributed by atoms with Gasteiger partial charge in [-0.25, -0.2) is 13.2 Å². The van der Waals surface area contributed by atoms with Crippen LogP contribution in [0.4, 0.5) is 0 Å². The van der Waals surface area contributed by atoms with Crippen LogP contribution in [0, 0.1) is 13.8 Å². The molecule has 1 saturated heterocycles. The highest BCUT2D eigenvalue weighted by Gasteiger charge is 2.29. The summed E-state index contributed by atoms with van der Waals surface area (Å²) in [6.45, 7) is 4.77. The minimum Gasteiger partial charge on any atom is -0.495 e. The molecule has 1 heterocycles. The van der Waals surface area contributed by atoms with E-state index in [-0.39, 0.29) is 10.6 Å². The predicted molar refractivity (Wildman–Crippen MR) is 116 cm³/mol. The van der Waals surface area contributed by atoms with Gasteiger partial charge in [0.05, 0.1) is 7.11 Å². The summed E-state index contributed by atoms with van der Waals surface area (Å²) in [6.07, 6.45) is 5.58. The lowest BCUT2D eigenvalue weighted by molar-refractivity contribution is -0.129. The number of hydrogen-bond donors (Lipinski definition) is 0. The van der Waals surface area contributed by atoms with Crippen molar-refractivity contribution in [3.8, 4) is 11.5 Å². The minimum absolute atomic E-state index is 0.108. The van der Waals surface area contributed by atoms with E-state index in [0.717, 1.165) is 30.4 Å². The number of benzene rings is 2. The van der Waals surface area contributed by atoms with E-state index in [1.54, 1.807) is 18.2 Å². The van der Waals surface area contributed by atoms with Crippen molar-refractivity contribution in [2.75, 3.05) is 20.2 Å². The van der Waals surface area contributed by atoms with Crippen LogP contribution in [-0.4, -0.2) is 38.9 Å². The van der Waals surface area contributed by atoms with E-state index in [9.17, 15) is 13.2 Å². The molecule has 0 radical (unpaired) electrons. The normalized spacial score (nSPS) is 15.3. The Morgan fingerprint density at radius 2 is 1.70 bits per heavy atom. The summed E-state index contributed by atoms with van der Waals surface area (Å²) in [7, 11) is -2.22. The van der Waals surface area contributed by atoms with Crippen molar-refractivity contribution < 1.29 is 22.7 Å². The van der Waals surface area contributed by atoms with Crippen molar-refractivity contribution in [2.45, 2.75) is 38.0 Å². The first-order valence-electron chi connectivity index (χ1n) is 9.97. The molecule has 0 saturated carbocycles. The smallest absolute Gasteiger partial charge is 0.336 e. The maximum Gasteiger partial charge on any atom is 0.336 e. The Morgan fingerprint density at radius 1 is 1.03 bits per heavy atom. The highest BCUT2D eigenvalue weighted by atomic mass is 32.2. The van der Waals surface area contributed by atoms with Gasteiger partial charge in [0.1, 0.15) is 16.4 Å². The van der Waals surface area contributed by atoms with Gasteiger partial charge >= 0.3 is 5.97 Å². The molecule has 160 valence electrons. The standard InChI is InChI=1S/C23H27NO5S/c1-17-8-7-9-18(2)23(17)29-22(25)13-11-19-10-12-20(28-3)21(16-19)30(26,27)24-14-5-4-6-15-24/h7-13,16H,4-6,14-15H2,1-3H3. The maximum absolute atomic E-state index is 13.1. The van der Waals surface area contributed by atoms with Gasteiger partial charge in [0.2, 0.25) is 10.0 Å². The Hall–Kier alpha value is -2.64. The molecular formula is C23H27NO5S. The molecule has 7 heteroatoms. The zero-order chi connectivity index (χ0) is 21.7. The molecule has 1 aliphatic heterocycles. The zero-order valence-electron chi connectivity index (χ0n) is 17.6. The first-order chi connectivity index (χ1) is 14.3. The molecule has 0 aliphatic carbocycles. The van der Waals surface area contributed by atoms with E-state index in [1.165, 1.54) is 23.6 Å². The number of nitrogens with zero attached hydrogens (tertiary/aromatic N) is 1. The number of carbonyl (C=O) groups is 1. The molecule has 0 bridgehead atoms. The highest BCUT2D eigenvalue weighted by molar-refractivity contribution is 7.89. The number of rotatable bonds is 6. The van der Waals surface area contributed by atoms with Crippen molar-refractivity contribution in [1.82, 2.24) is 4.31 Å². The number of esters is 1. The number of sulfonamides is 1. The van der Waals surface area contributed by atoms with Crippen LogP contribution in [0.2, 0.25) is 0 Å². The number of piperidine rings is 1. The summed E-state index contributed by atoms with van der Waals surface area (Å²) in [5.74, 6) is 0.301. The first-order valence-corrected chi connectivity index (χ1v) is 11.4. The summed E-state index contributed by atoms with van der Waals surface area (Å²) in [5, 5.41) is 0. The number of methoxy groups -OCH3 is 1. The monoisotopic (exact) mass is 429 g/mol. The Balaban J connectivity index is 1.83. The lowest BCUT2D eigenvalue weighted by Crippen LogP contribution is -2.35. The van der Waals surface area contributed by atoms with E-state index >= 15 is 0 Å². The summed E-state index contributed by atoms with van der Waals surface area (Å²) in [6, 6.07) is 10.5. The third-order valence-corrected chi connectivity index (χ3v) is 7.06. The van der Waals surface area contributed by atoms with Gasteiger partial charge in [-0.15, -0.1) is 0 Å². The zero-order valence-corrected chi connectivity index (χ0v) is 18.4. The van der Waals surface area contributed by atoms with Crippen molar-refractivity contribution in [3.63, 3.8) is 0 Å². The molecule has 0 N–H and O–H groups in total. The molecule has 2 aromatic rings. The molecule has 2 aromatic carbocycles. The number of carbonyl (C=O) groups excluding carboxylic acids is 1. The van der Waals surface area contributed by atoms with E-state index < -0.39 is 16.0 Å². The summed E-state index contributed by atoms with van der Waals surface area (Å²) in [4.78, 5) is 12.4. The predicted octanol–water partition coefficient (Wildman–Crippen LogP) is 4.11. The third-order valence-electron chi connectivity index (χ3n) is 5.14. The molecule has 30 heavy (non-hydrogen) atoms. The fourth-order valence-corrected chi connectivity index (χ4v) is 5.21. The van der Waals surface area contributed by atoms with Crippen LogP contribution in [-0.2, 0) is 14.8 Å². The third kappa shape index (κ3) is 4.91. The Bertz CT molecular complexity index is 1030. The van der Waals surface area contributed by atoms with Gasteiger partial charge in [-0.3, -0.25) is 0 Å². The van der Waals surface area contributed by atoms with Gasteiger partial charge in [0, 0.05) is 19.2 Å². The first kappa shape index (κ1) is 22.1. The molecule has 1 aliphatic rings. The van der Waals surface area contributed by atoms with E-state index in [1.807, 2.05) is 32.0 Å². The van der Waals surface area contributed by atoms with Crippen LogP contribution in [0.3, 0.4) is 0 Å². The van der Waals surface area contributed by atoms with E-state index in [0.29, 0.717) is 24.4 Å². The second-order valence-electron chi connectivity index (χ2n) is 7.35. The second-order valence-corrected chi connectivity index (χ2v) is 9.26. The molecular weight excluding hydrogens is 402 g/mol. The number of aryl methyl sites for hydroxylation is 2. The molecule has 0 aromatic heterocycles. The lowest BCUT2D eigenvalue weighted by Gasteiger charge is -2.26. The molecule has 6 nitrogen and oxygen atoms in total. The summed E-state index contributed by atoms with van der Waals surface area (Å²) < 4.78 is 38.4. The fourth-order valence-electron chi connectivity index (χ4n) is 3.50. The van der Waals surface area contributed by atoms with E-state index in [2.05, 4.69) is 0 Å². The minimum atomic E-state index is -3.67. The molecule has 3 rings (SSSR count). The van der Waals surface area contributed by atoms with Gasteiger partial charge in [-0.1, -0.05) is 30.7 Å². The van der Waals surface area contributed by atoms with Crippen LogP contribution in [0.1, 0.15) is 36.0 Å². The fraction of sp³-hybridized carbons (Fsp3) is 0.348. The summed E-state index contributed by atoms with van der Waals surface area (Å²) >= 11 is 0. The van der Waals surface area contributed by atoms with Crippen LogP contribution in [0.5, 0.6) is 11.5 Å². The average molecular weight is 430 g/mol. The largest absolute Gasteiger partial charge is 0.495 e. The van der Waals surface area contributed by atoms with Crippen LogP contribution < -0.4 is 9.47 Å². The molecule has 0 amide bonds. The molecule has 1 fully saturated rings. The van der Waals surface area contributed by atoms with Gasteiger partial charge in [-0.05, 0) is 61.6 Å². The van der Waals surface area contributed by atoms with Gasteiger partial charge < -0.3 is 9.47 Å². The number of para-hydroxylation sites is 1. The Kier molecular flexibility index (Phi) is 6.95. The average Bonchev–Trinajstić information content (AvgIpc) is 2.75. The van der Waals surface area contributed by atoms with Gasteiger partial charge in [0.25, 0.3) is 0 Å². The van der Waals surface area contributed by atoms with Crippen molar-refractivity contribution in [3.05, 3.63) is 59.2 Å². The van der Waals surface area contributed by atoms with Crippen LogP contribution in [0.25, 0.3) is 6.08 Å². The summed E-state index contributed by atoms with van der Waals surface area (Å²) in [5.41, 5.74) is 2.32. The second kappa shape index (κ2) is 9.45. The van der Waals surface area contributed by atoms with Gasteiger partial charge in [0.15, 0.2) is 0 Å². The Labute approximate surface area is 178 Å². The maximum atomic E-state index is 13.1. The quantitative estimate of drug-likeness (QED) is 0.393.